The molecule has 1 heterocycles. The molecule has 0 radical (unpaired) electrons. The number of carbonyl (C=O) groups is 1. The topological polar surface area (TPSA) is 66.9 Å². The maximum Gasteiger partial charge on any atom is 0.343 e. The van der Waals surface area contributed by atoms with Gasteiger partial charge in [0, 0.05) is 5.02 Å². The number of anilines is 2. The molecule has 148 valence electrons. The van der Waals surface area contributed by atoms with Crippen LogP contribution in [0.1, 0.15) is 5.56 Å². The number of para-hydroxylation sites is 3. The average Bonchev–Trinajstić information content (AvgIpc) is 2.73. The Morgan fingerprint density at radius 3 is 2.24 bits per heavy atom. The summed E-state index contributed by atoms with van der Waals surface area (Å²) in [6, 6.07) is 19.4. The van der Waals surface area contributed by atoms with E-state index in [0.29, 0.717) is 16.3 Å². The fourth-order valence-corrected chi connectivity index (χ4v) is 5.09. The number of urea groups is 1. The molecule has 0 N–H and O–H groups in total. The van der Waals surface area contributed by atoms with Gasteiger partial charge in [-0.25, -0.2) is 13.2 Å². The number of fused-ring (bicyclic) bond motifs is 1. The Labute approximate surface area is 173 Å². The maximum atomic E-state index is 13.5. The zero-order chi connectivity index (χ0) is 20.6. The molecule has 0 bridgehead atoms. The zero-order valence-electron chi connectivity index (χ0n) is 15.4. The van der Waals surface area contributed by atoms with Crippen LogP contribution in [0.15, 0.2) is 77.7 Å². The van der Waals surface area contributed by atoms with E-state index in [-0.39, 0.29) is 22.9 Å². The molecule has 0 atom stereocenters. The van der Waals surface area contributed by atoms with Crippen molar-refractivity contribution in [1.82, 2.24) is 0 Å². The Hall–Kier alpha value is -3.03. The van der Waals surface area contributed by atoms with Gasteiger partial charge in [-0.1, -0.05) is 54.1 Å². The predicted octanol–water partition coefficient (Wildman–Crippen LogP) is 4.68. The molecule has 0 aromatic heterocycles. The lowest BCUT2D eigenvalue weighted by Crippen LogP contribution is -2.50. The lowest BCUT2D eigenvalue weighted by Gasteiger charge is -2.36. The van der Waals surface area contributed by atoms with Crippen molar-refractivity contribution in [2.75, 3.05) is 16.3 Å². The first-order valence-electron chi connectivity index (χ1n) is 8.77. The molecule has 4 rings (SSSR count). The highest BCUT2D eigenvalue weighted by Crippen LogP contribution is 2.41. The number of methoxy groups -OCH3 is 1. The minimum Gasteiger partial charge on any atom is -0.495 e. The molecule has 29 heavy (non-hydrogen) atoms. The Morgan fingerprint density at radius 1 is 0.897 bits per heavy atom. The largest absolute Gasteiger partial charge is 0.495 e. The van der Waals surface area contributed by atoms with Crippen LogP contribution in [0.3, 0.4) is 0 Å². The van der Waals surface area contributed by atoms with Gasteiger partial charge in [0.15, 0.2) is 0 Å². The third kappa shape index (κ3) is 3.22. The molecule has 0 unspecified atom stereocenters. The van der Waals surface area contributed by atoms with Crippen LogP contribution in [-0.4, -0.2) is 21.6 Å². The summed E-state index contributed by atoms with van der Waals surface area (Å²) in [5.41, 5.74) is 1.17. The van der Waals surface area contributed by atoms with Gasteiger partial charge in [0.1, 0.15) is 16.3 Å². The van der Waals surface area contributed by atoms with Crippen LogP contribution >= 0.6 is 11.6 Å². The first-order chi connectivity index (χ1) is 13.9. The Kier molecular flexibility index (Phi) is 4.94. The monoisotopic (exact) mass is 428 g/mol. The van der Waals surface area contributed by atoms with Gasteiger partial charge in [-0.15, -0.1) is 0 Å². The molecule has 1 aliphatic rings. The molecular weight excluding hydrogens is 412 g/mol. The molecule has 0 fully saturated rings. The summed E-state index contributed by atoms with van der Waals surface area (Å²) in [4.78, 5) is 14.9. The Balaban J connectivity index is 1.91. The average molecular weight is 429 g/mol. The van der Waals surface area contributed by atoms with E-state index in [0.717, 1.165) is 4.31 Å². The van der Waals surface area contributed by atoms with Crippen molar-refractivity contribution >= 4 is 39.0 Å². The van der Waals surface area contributed by atoms with Crippen LogP contribution in [0.2, 0.25) is 5.02 Å². The van der Waals surface area contributed by atoms with Crippen molar-refractivity contribution < 1.29 is 17.9 Å². The standard InChI is InChI=1S/C21H17ClN2O4S/c1-28-19-12-6-4-10-17(19)24-21(25)23(14-15-8-2-3-9-16(15)22)18-11-5-7-13-20(18)29(24,26)27/h2-13H,14H2,1H3. The number of nitrogens with zero attached hydrogens (tertiary/aromatic N) is 2. The molecule has 1 aliphatic heterocycles. The zero-order valence-corrected chi connectivity index (χ0v) is 17.0. The van der Waals surface area contributed by atoms with Crippen molar-refractivity contribution in [3.8, 4) is 5.75 Å². The van der Waals surface area contributed by atoms with Crippen LogP contribution in [0.4, 0.5) is 16.2 Å². The molecular formula is C21H17ClN2O4S. The number of carbonyl (C=O) groups excluding carboxylic acids is 1. The Bertz CT molecular complexity index is 1200. The van der Waals surface area contributed by atoms with Crippen LogP contribution in [-0.2, 0) is 16.6 Å². The molecule has 0 saturated heterocycles. The number of rotatable bonds is 4. The molecule has 0 saturated carbocycles. The first kappa shape index (κ1) is 19.3. The van der Waals surface area contributed by atoms with Crippen molar-refractivity contribution in [2.45, 2.75) is 11.4 Å². The molecule has 3 aromatic carbocycles. The normalized spacial score (nSPS) is 15.2. The second kappa shape index (κ2) is 7.42. The van der Waals surface area contributed by atoms with E-state index in [1.807, 2.05) is 6.07 Å². The maximum absolute atomic E-state index is 13.5. The highest BCUT2D eigenvalue weighted by molar-refractivity contribution is 7.94. The summed E-state index contributed by atoms with van der Waals surface area (Å²) in [7, 11) is -2.70. The van der Waals surface area contributed by atoms with Gasteiger partial charge in [-0.05, 0) is 35.9 Å². The second-order valence-electron chi connectivity index (χ2n) is 6.37. The van der Waals surface area contributed by atoms with Crippen molar-refractivity contribution in [3.05, 3.63) is 83.4 Å². The van der Waals surface area contributed by atoms with E-state index in [1.54, 1.807) is 54.6 Å². The lowest BCUT2D eigenvalue weighted by molar-refractivity contribution is 0.253. The molecule has 6 nitrogen and oxygen atoms in total. The van der Waals surface area contributed by atoms with Gasteiger partial charge in [0.2, 0.25) is 0 Å². The molecule has 8 heteroatoms. The third-order valence-corrected chi connectivity index (χ3v) is 6.77. The summed E-state index contributed by atoms with van der Waals surface area (Å²) >= 11 is 6.29. The predicted molar refractivity (Wildman–Crippen MR) is 112 cm³/mol. The number of benzene rings is 3. The first-order valence-corrected chi connectivity index (χ1v) is 10.6. The number of amides is 2. The van der Waals surface area contributed by atoms with Crippen LogP contribution < -0.4 is 13.9 Å². The molecule has 0 spiro atoms. The summed E-state index contributed by atoms with van der Waals surface area (Å²) < 4.78 is 32.8. The quantitative estimate of drug-likeness (QED) is 0.605. The van der Waals surface area contributed by atoms with E-state index in [1.165, 1.54) is 24.1 Å². The second-order valence-corrected chi connectivity index (χ2v) is 8.53. The minimum atomic E-state index is -4.12. The highest BCUT2D eigenvalue weighted by atomic mass is 35.5. The summed E-state index contributed by atoms with van der Waals surface area (Å²) in [6.07, 6.45) is 0. The van der Waals surface area contributed by atoms with Crippen LogP contribution in [0, 0.1) is 0 Å². The van der Waals surface area contributed by atoms with E-state index in [9.17, 15) is 13.2 Å². The lowest BCUT2D eigenvalue weighted by atomic mass is 10.2. The number of ether oxygens (including phenoxy) is 1. The summed E-state index contributed by atoms with van der Waals surface area (Å²) in [6.45, 7) is 0.122. The third-order valence-electron chi connectivity index (χ3n) is 4.67. The van der Waals surface area contributed by atoms with Gasteiger partial charge in [0.05, 0.1) is 19.3 Å². The SMILES string of the molecule is COc1ccccc1N1C(=O)N(Cc2ccccc2Cl)c2ccccc2S1(=O)=O. The van der Waals surface area contributed by atoms with E-state index in [4.69, 9.17) is 16.3 Å². The number of sulfonamides is 1. The highest BCUT2D eigenvalue weighted by Gasteiger charge is 2.43. The van der Waals surface area contributed by atoms with E-state index >= 15 is 0 Å². The van der Waals surface area contributed by atoms with Crippen molar-refractivity contribution in [1.29, 1.82) is 0 Å². The van der Waals surface area contributed by atoms with Crippen LogP contribution in [0.5, 0.6) is 5.75 Å². The fraction of sp³-hybridized carbons (Fsp3) is 0.0952. The Morgan fingerprint density at radius 2 is 1.52 bits per heavy atom. The summed E-state index contributed by atoms with van der Waals surface area (Å²) in [5, 5.41) is 0.495. The van der Waals surface area contributed by atoms with Crippen molar-refractivity contribution in [3.63, 3.8) is 0 Å². The summed E-state index contributed by atoms with van der Waals surface area (Å²) in [5.74, 6) is 0.279. The van der Waals surface area contributed by atoms with Gasteiger partial charge in [-0.3, -0.25) is 4.90 Å². The van der Waals surface area contributed by atoms with Gasteiger partial charge < -0.3 is 4.74 Å². The number of hydrogen-bond acceptors (Lipinski definition) is 4. The smallest absolute Gasteiger partial charge is 0.343 e. The van der Waals surface area contributed by atoms with Gasteiger partial charge in [0.25, 0.3) is 10.0 Å². The van der Waals surface area contributed by atoms with E-state index < -0.39 is 16.1 Å². The van der Waals surface area contributed by atoms with E-state index in [2.05, 4.69) is 0 Å². The number of halogens is 1. The molecule has 3 aromatic rings. The fourth-order valence-electron chi connectivity index (χ4n) is 3.29. The van der Waals surface area contributed by atoms with Crippen molar-refractivity contribution in [2.24, 2.45) is 0 Å². The van der Waals surface area contributed by atoms with Gasteiger partial charge >= 0.3 is 6.03 Å². The van der Waals surface area contributed by atoms with Gasteiger partial charge in [-0.2, -0.15) is 4.31 Å². The molecule has 0 aliphatic carbocycles. The number of hydrogen-bond donors (Lipinski definition) is 0. The minimum absolute atomic E-state index is 0.0394. The van der Waals surface area contributed by atoms with Crippen LogP contribution in [0.25, 0.3) is 0 Å². The molecule has 2 amide bonds.